The van der Waals surface area contributed by atoms with E-state index in [4.69, 9.17) is 10.2 Å². The zero-order valence-electron chi connectivity index (χ0n) is 9.10. The Morgan fingerprint density at radius 2 is 1.80 bits per heavy atom. The van der Waals surface area contributed by atoms with Crippen LogP contribution < -0.4 is 0 Å². The van der Waals surface area contributed by atoms with Gasteiger partial charge in [0.15, 0.2) is 0 Å². The van der Waals surface area contributed by atoms with E-state index in [0.29, 0.717) is 0 Å². The number of hydrogen-bond acceptors (Lipinski definition) is 3. The van der Waals surface area contributed by atoms with Crippen LogP contribution in [0.2, 0.25) is 0 Å². The average Bonchev–Trinajstić information content (AvgIpc) is 2.67. The second-order valence-electron chi connectivity index (χ2n) is 3.69. The van der Waals surface area contributed by atoms with Crippen LogP contribution in [0.5, 0.6) is 0 Å². The lowest BCUT2D eigenvalue weighted by Gasteiger charge is -2.06. The minimum atomic E-state index is 0.258. The summed E-state index contributed by atoms with van der Waals surface area (Å²) in [5, 5.41) is 17.4. The topological polar surface area (TPSA) is 58.3 Å². The van der Waals surface area contributed by atoms with Gasteiger partial charge in [0, 0.05) is 31.6 Å². The third-order valence-corrected chi connectivity index (χ3v) is 2.45. The summed E-state index contributed by atoms with van der Waals surface area (Å²) in [7, 11) is 0. The van der Waals surface area contributed by atoms with Crippen LogP contribution in [0.25, 0.3) is 0 Å². The van der Waals surface area contributed by atoms with Gasteiger partial charge in [0.25, 0.3) is 0 Å². The molecule has 0 aliphatic carbocycles. The van der Waals surface area contributed by atoms with Crippen LogP contribution in [0.15, 0.2) is 12.5 Å². The van der Waals surface area contributed by atoms with Crippen LogP contribution in [0.3, 0.4) is 0 Å². The van der Waals surface area contributed by atoms with Gasteiger partial charge >= 0.3 is 0 Å². The molecule has 0 aromatic carbocycles. The highest BCUT2D eigenvalue weighted by Crippen LogP contribution is 2.06. The molecule has 0 fully saturated rings. The van der Waals surface area contributed by atoms with Gasteiger partial charge in [0.1, 0.15) is 0 Å². The van der Waals surface area contributed by atoms with Gasteiger partial charge in [-0.1, -0.05) is 0 Å². The lowest BCUT2D eigenvalue weighted by atomic mass is 10.2. The van der Waals surface area contributed by atoms with E-state index in [0.717, 1.165) is 38.6 Å². The smallest absolute Gasteiger partial charge is 0.0948 e. The highest BCUT2D eigenvalue weighted by Gasteiger charge is 2.01. The van der Waals surface area contributed by atoms with E-state index < -0.39 is 0 Å². The molecule has 4 heteroatoms. The van der Waals surface area contributed by atoms with E-state index >= 15 is 0 Å². The summed E-state index contributed by atoms with van der Waals surface area (Å²) < 4.78 is 2.13. The Morgan fingerprint density at radius 1 is 1.07 bits per heavy atom. The number of aryl methyl sites for hydroxylation is 2. The van der Waals surface area contributed by atoms with E-state index in [2.05, 4.69) is 9.55 Å². The predicted molar refractivity (Wildman–Crippen MR) is 58.6 cm³/mol. The molecule has 1 rings (SSSR count). The second kappa shape index (κ2) is 7.43. The van der Waals surface area contributed by atoms with Crippen molar-refractivity contribution in [3.63, 3.8) is 0 Å². The average molecular weight is 212 g/mol. The summed E-state index contributed by atoms with van der Waals surface area (Å²) in [6.07, 6.45) is 8.37. The molecular weight excluding hydrogens is 192 g/mol. The molecule has 0 saturated heterocycles. The number of hydrogen-bond donors (Lipinski definition) is 2. The number of imidazole rings is 1. The lowest BCUT2D eigenvalue weighted by molar-refractivity contribution is 0.280. The Balaban J connectivity index is 2.32. The summed E-state index contributed by atoms with van der Waals surface area (Å²) in [5.74, 6) is 0. The first-order chi connectivity index (χ1) is 7.38. The molecule has 0 spiro atoms. The van der Waals surface area contributed by atoms with E-state index in [1.807, 2.05) is 12.5 Å². The first-order valence-corrected chi connectivity index (χ1v) is 5.59. The van der Waals surface area contributed by atoms with E-state index in [9.17, 15) is 0 Å². The van der Waals surface area contributed by atoms with Crippen molar-refractivity contribution >= 4 is 0 Å². The fourth-order valence-corrected chi connectivity index (χ4v) is 1.57. The monoisotopic (exact) mass is 212 g/mol. The van der Waals surface area contributed by atoms with Crippen LogP contribution in [0.1, 0.15) is 31.4 Å². The summed E-state index contributed by atoms with van der Waals surface area (Å²) in [6, 6.07) is 0. The number of aromatic nitrogens is 2. The highest BCUT2D eigenvalue weighted by atomic mass is 16.3. The fourth-order valence-electron chi connectivity index (χ4n) is 1.57. The first kappa shape index (κ1) is 12.2. The maximum atomic E-state index is 8.69. The normalized spacial score (nSPS) is 10.8. The molecule has 0 amide bonds. The molecule has 0 aliphatic heterocycles. The number of nitrogens with zero attached hydrogens (tertiary/aromatic N) is 2. The molecule has 86 valence electrons. The van der Waals surface area contributed by atoms with E-state index in [1.165, 1.54) is 5.69 Å². The highest BCUT2D eigenvalue weighted by molar-refractivity contribution is 4.98. The van der Waals surface area contributed by atoms with Crippen LogP contribution in [0, 0.1) is 0 Å². The van der Waals surface area contributed by atoms with Gasteiger partial charge in [-0.25, -0.2) is 4.98 Å². The maximum absolute atomic E-state index is 8.69. The Morgan fingerprint density at radius 3 is 2.53 bits per heavy atom. The molecule has 1 heterocycles. The third-order valence-electron chi connectivity index (χ3n) is 2.45. The molecular formula is C11H20N2O2. The number of aliphatic hydroxyl groups is 2. The van der Waals surface area contributed by atoms with Crippen LogP contribution in [-0.4, -0.2) is 33.0 Å². The van der Waals surface area contributed by atoms with Gasteiger partial charge in [-0.3, -0.25) is 0 Å². The Hall–Kier alpha value is -0.870. The SMILES string of the molecule is OCCCCc1cncn1CCCCO. The van der Waals surface area contributed by atoms with Crippen molar-refractivity contribution in [1.82, 2.24) is 9.55 Å². The van der Waals surface area contributed by atoms with Crippen molar-refractivity contribution in [2.24, 2.45) is 0 Å². The van der Waals surface area contributed by atoms with Gasteiger partial charge in [-0.05, 0) is 32.1 Å². The molecule has 0 saturated carbocycles. The second-order valence-corrected chi connectivity index (χ2v) is 3.69. The first-order valence-electron chi connectivity index (χ1n) is 5.59. The zero-order valence-corrected chi connectivity index (χ0v) is 9.10. The minimum Gasteiger partial charge on any atom is -0.396 e. The van der Waals surface area contributed by atoms with Crippen molar-refractivity contribution in [3.05, 3.63) is 18.2 Å². The van der Waals surface area contributed by atoms with Gasteiger partial charge in [0.2, 0.25) is 0 Å². The third kappa shape index (κ3) is 4.44. The predicted octanol–water partition coefficient (Wildman–Crippen LogP) is 0.971. The molecule has 0 atom stereocenters. The largest absolute Gasteiger partial charge is 0.396 e. The van der Waals surface area contributed by atoms with Gasteiger partial charge in [-0.2, -0.15) is 0 Å². The van der Waals surface area contributed by atoms with Crippen molar-refractivity contribution in [2.75, 3.05) is 13.2 Å². The number of unbranched alkanes of at least 4 members (excludes halogenated alkanes) is 2. The molecule has 2 N–H and O–H groups in total. The number of rotatable bonds is 8. The van der Waals surface area contributed by atoms with Gasteiger partial charge in [0.05, 0.1) is 6.33 Å². The summed E-state index contributed by atoms with van der Waals surface area (Å²) in [5.41, 5.74) is 1.22. The Bertz CT molecular complexity index is 236. The lowest BCUT2D eigenvalue weighted by Crippen LogP contribution is -2.03. The van der Waals surface area contributed by atoms with Crippen molar-refractivity contribution in [3.8, 4) is 0 Å². The van der Waals surface area contributed by atoms with Crippen LogP contribution >= 0.6 is 0 Å². The standard InChI is InChI=1S/C11H20N2O2/c14-7-3-1-5-11-9-12-10-13(11)6-2-4-8-15/h9-10,14-15H,1-8H2. The molecule has 0 aliphatic rings. The summed E-state index contributed by atoms with van der Waals surface area (Å²) >= 11 is 0. The van der Waals surface area contributed by atoms with E-state index in [1.54, 1.807) is 0 Å². The molecule has 1 aromatic heterocycles. The van der Waals surface area contributed by atoms with Crippen LogP contribution in [0.4, 0.5) is 0 Å². The van der Waals surface area contributed by atoms with Crippen molar-refractivity contribution in [1.29, 1.82) is 0 Å². The van der Waals surface area contributed by atoms with Crippen LogP contribution in [-0.2, 0) is 13.0 Å². The maximum Gasteiger partial charge on any atom is 0.0948 e. The molecule has 4 nitrogen and oxygen atoms in total. The summed E-state index contributed by atoms with van der Waals surface area (Å²) in [6.45, 7) is 1.45. The van der Waals surface area contributed by atoms with Crippen molar-refractivity contribution in [2.45, 2.75) is 38.6 Å². The molecule has 1 aromatic rings. The Labute approximate surface area is 90.6 Å². The molecule has 0 radical (unpaired) electrons. The van der Waals surface area contributed by atoms with Gasteiger partial charge in [-0.15, -0.1) is 0 Å². The van der Waals surface area contributed by atoms with E-state index in [-0.39, 0.29) is 13.2 Å². The quantitative estimate of drug-likeness (QED) is 0.631. The summed E-state index contributed by atoms with van der Waals surface area (Å²) in [4.78, 5) is 4.12. The zero-order chi connectivity index (χ0) is 10.9. The fraction of sp³-hybridized carbons (Fsp3) is 0.727. The molecule has 0 bridgehead atoms. The minimum absolute atomic E-state index is 0.258. The van der Waals surface area contributed by atoms with Crippen molar-refractivity contribution < 1.29 is 10.2 Å². The number of aliphatic hydroxyl groups excluding tert-OH is 2. The van der Waals surface area contributed by atoms with Gasteiger partial charge < -0.3 is 14.8 Å². The Kier molecular flexibility index (Phi) is 6.04. The molecule has 15 heavy (non-hydrogen) atoms. The molecule has 0 unspecified atom stereocenters.